The van der Waals surface area contributed by atoms with Crippen molar-refractivity contribution in [1.29, 1.82) is 0 Å². The van der Waals surface area contributed by atoms with Crippen LogP contribution < -0.4 is 4.74 Å². The van der Waals surface area contributed by atoms with Gasteiger partial charge in [0.2, 0.25) is 0 Å². The fourth-order valence-electron chi connectivity index (χ4n) is 1.74. The molecule has 4 nitrogen and oxygen atoms in total. The van der Waals surface area contributed by atoms with Crippen molar-refractivity contribution in [2.75, 3.05) is 0 Å². The van der Waals surface area contributed by atoms with E-state index < -0.39 is 5.97 Å². The minimum atomic E-state index is -0.953. The summed E-state index contributed by atoms with van der Waals surface area (Å²) in [7, 11) is 0. The second-order valence-electron chi connectivity index (χ2n) is 4.18. The van der Waals surface area contributed by atoms with Gasteiger partial charge < -0.3 is 14.9 Å². The van der Waals surface area contributed by atoms with E-state index in [0.717, 1.165) is 10.0 Å². The Morgan fingerprint density at radius 3 is 2.45 bits per heavy atom. The summed E-state index contributed by atoms with van der Waals surface area (Å²) in [6.45, 7) is 0.197. The molecule has 2 rings (SSSR count). The van der Waals surface area contributed by atoms with Crippen LogP contribution in [0.1, 0.15) is 21.5 Å². The number of aromatic carboxylic acids is 1. The summed E-state index contributed by atoms with van der Waals surface area (Å²) in [5.74, 6) is -0.358. The molecule has 0 radical (unpaired) electrons. The quantitative estimate of drug-likeness (QED) is 0.879. The Kier molecular flexibility index (Phi) is 4.76. The number of hydrogen-bond acceptors (Lipinski definition) is 3. The molecule has 2 aromatic rings. The maximum absolute atomic E-state index is 10.8. The van der Waals surface area contributed by atoms with Crippen LogP contribution in [-0.2, 0) is 13.2 Å². The second-order valence-corrected chi connectivity index (χ2v) is 5.03. The Hall–Kier alpha value is -1.85. The first-order chi connectivity index (χ1) is 9.61. The molecule has 0 saturated carbocycles. The highest BCUT2D eigenvalue weighted by Gasteiger charge is 2.08. The lowest BCUT2D eigenvalue weighted by Crippen LogP contribution is -2.01. The second kappa shape index (κ2) is 6.54. The largest absolute Gasteiger partial charge is 0.487 e. The summed E-state index contributed by atoms with van der Waals surface area (Å²) in [4.78, 5) is 10.8. The highest BCUT2D eigenvalue weighted by molar-refractivity contribution is 9.10. The Morgan fingerprint density at radius 1 is 1.15 bits per heavy atom. The molecule has 0 spiro atoms. The van der Waals surface area contributed by atoms with Crippen molar-refractivity contribution in [3.63, 3.8) is 0 Å². The van der Waals surface area contributed by atoms with E-state index in [1.807, 2.05) is 12.1 Å². The number of halogens is 1. The monoisotopic (exact) mass is 336 g/mol. The van der Waals surface area contributed by atoms with Crippen molar-refractivity contribution in [3.8, 4) is 5.75 Å². The van der Waals surface area contributed by atoms with Gasteiger partial charge in [-0.2, -0.15) is 0 Å². The van der Waals surface area contributed by atoms with Crippen molar-refractivity contribution in [1.82, 2.24) is 0 Å². The van der Waals surface area contributed by atoms with Gasteiger partial charge in [-0.15, -0.1) is 0 Å². The van der Waals surface area contributed by atoms with Gasteiger partial charge >= 0.3 is 5.97 Å². The topological polar surface area (TPSA) is 66.8 Å². The molecule has 2 aromatic carbocycles. The number of rotatable bonds is 5. The Balaban J connectivity index is 2.11. The van der Waals surface area contributed by atoms with Gasteiger partial charge in [-0.3, -0.25) is 0 Å². The molecule has 0 unspecified atom stereocenters. The minimum absolute atomic E-state index is 0.104. The van der Waals surface area contributed by atoms with Crippen LogP contribution in [0.15, 0.2) is 46.9 Å². The molecule has 5 heteroatoms. The van der Waals surface area contributed by atoms with Crippen molar-refractivity contribution < 1.29 is 19.7 Å². The van der Waals surface area contributed by atoms with E-state index in [2.05, 4.69) is 15.9 Å². The van der Waals surface area contributed by atoms with E-state index in [-0.39, 0.29) is 12.2 Å². The van der Waals surface area contributed by atoms with Gasteiger partial charge in [0.25, 0.3) is 0 Å². The van der Waals surface area contributed by atoms with Crippen molar-refractivity contribution in [3.05, 3.63) is 63.6 Å². The Bertz CT molecular complexity index is 608. The van der Waals surface area contributed by atoms with Crippen LogP contribution in [0, 0.1) is 0 Å². The zero-order chi connectivity index (χ0) is 14.5. The predicted octanol–water partition coefficient (Wildman–Crippen LogP) is 3.22. The molecule has 0 fully saturated rings. The number of aliphatic hydroxyl groups is 1. The molecule has 0 heterocycles. The van der Waals surface area contributed by atoms with Gasteiger partial charge in [0.05, 0.1) is 16.6 Å². The number of carbonyl (C=O) groups is 1. The molecule has 2 N–H and O–H groups in total. The molecule has 0 saturated heterocycles. The van der Waals surface area contributed by atoms with E-state index >= 15 is 0 Å². The fourth-order valence-corrected chi connectivity index (χ4v) is 2.26. The van der Waals surface area contributed by atoms with E-state index in [9.17, 15) is 9.90 Å². The number of benzene rings is 2. The first-order valence-corrected chi connectivity index (χ1v) is 6.74. The zero-order valence-corrected chi connectivity index (χ0v) is 12.1. The first kappa shape index (κ1) is 14.6. The molecule has 0 atom stereocenters. The number of carboxylic acids is 1. The lowest BCUT2D eigenvalue weighted by Gasteiger charge is -2.12. The van der Waals surface area contributed by atoms with E-state index in [1.165, 1.54) is 12.1 Å². The van der Waals surface area contributed by atoms with Gasteiger partial charge in [0.15, 0.2) is 0 Å². The van der Waals surface area contributed by atoms with E-state index in [1.54, 1.807) is 18.2 Å². The number of carboxylic acid groups (broad SMARTS) is 1. The molecule has 0 bridgehead atoms. The lowest BCUT2D eigenvalue weighted by atomic mass is 10.1. The van der Waals surface area contributed by atoms with Gasteiger partial charge in [-0.25, -0.2) is 4.79 Å². The zero-order valence-electron chi connectivity index (χ0n) is 10.5. The number of ether oxygens (including phenoxy) is 1. The highest BCUT2D eigenvalue weighted by atomic mass is 79.9. The lowest BCUT2D eigenvalue weighted by molar-refractivity contribution is 0.0697. The summed E-state index contributed by atoms with van der Waals surface area (Å²) in [5, 5.41) is 18.1. The summed E-state index contributed by atoms with van der Waals surface area (Å²) in [5.41, 5.74) is 1.79. The molecule has 0 aromatic heterocycles. The minimum Gasteiger partial charge on any atom is -0.487 e. The maximum Gasteiger partial charge on any atom is 0.335 e. The smallest absolute Gasteiger partial charge is 0.335 e. The molecule has 104 valence electrons. The highest BCUT2D eigenvalue weighted by Crippen LogP contribution is 2.29. The SMILES string of the molecule is O=C(O)c1ccc(COc2c(Br)cccc2CO)cc1. The van der Waals surface area contributed by atoms with Crippen LogP contribution in [0.3, 0.4) is 0 Å². The van der Waals surface area contributed by atoms with Crippen LogP contribution in [-0.4, -0.2) is 16.2 Å². The molecule has 0 aliphatic heterocycles. The van der Waals surface area contributed by atoms with Gasteiger partial charge in [0.1, 0.15) is 12.4 Å². The van der Waals surface area contributed by atoms with Crippen LogP contribution >= 0.6 is 15.9 Å². The molecule has 20 heavy (non-hydrogen) atoms. The Morgan fingerprint density at radius 2 is 1.85 bits per heavy atom. The molecular formula is C15H13BrO4. The number of hydrogen-bond donors (Lipinski definition) is 2. The average Bonchev–Trinajstić information content (AvgIpc) is 2.46. The standard InChI is InChI=1S/C15H13BrO4/c16-13-3-1-2-12(8-17)14(13)20-9-10-4-6-11(7-5-10)15(18)19/h1-7,17H,8-9H2,(H,18,19). The summed E-state index contributed by atoms with van der Waals surface area (Å²) < 4.78 is 6.46. The van der Waals surface area contributed by atoms with Crippen molar-refractivity contribution in [2.45, 2.75) is 13.2 Å². The third-order valence-corrected chi connectivity index (χ3v) is 3.43. The molecular weight excluding hydrogens is 324 g/mol. The van der Waals surface area contributed by atoms with Crippen LogP contribution in [0.25, 0.3) is 0 Å². The van der Waals surface area contributed by atoms with Gasteiger partial charge in [-0.05, 0) is 39.7 Å². The van der Waals surface area contributed by atoms with Crippen LogP contribution in [0.5, 0.6) is 5.75 Å². The third kappa shape index (κ3) is 3.37. The van der Waals surface area contributed by atoms with Crippen LogP contribution in [0.4, 0.5) is 0 Å². The molecule has 0 amide bonds. The van der Waals surface area contributed by atoms with E-state index in [0.29, 0.717) is 17.9 Å². The van der Waals surface area contributed by atoms with Crippen molar-refractivity contribution in [2.24, 2.45) is 0 Å². The van der Waals surface area contributed by atoms with E-state index in [4.69, 9.17) is 9.84 Å². The Labute approximate surface area is 124 Å². The number of aliphatic hydroxyl groups excluding tert-OH is 1. The van der Waals surface area contributed by atoms with Gasteiger partial charge in [-0.1, -0.05) is 24.3 Å². The number of para-hydroxylation sites is 1. The first-order valence-electron chi connectivity index (χ1n) is 5.95. The maximum atomic E-state index is 10.8. The summed E-state index contributed by atoms with van der Waals surface area (Å²) in [6, 6.07) is 11.9. The van der Waals surface area contributed by atoms with Crippen LogP contribution in [0.2, 0.25) is 0 Å². The fraction of sp³-hybridized carbons (Fsp3) is 0.133. The normalized spacial score (nSPS) is 10.3. The summed E-state index contributed by atoms with van der Waals surface area (Å²) >= 11 is 3.38. The molecule has 0 aliphatic rings. The van der Waals surface area contributed by atoms with Gasteiger partial charge in [0, 0.05) is 5.56 Å². The van der Waals surface area contributed by atoms with Crippen molar-refractivity contribution >= 4 is 21.9 Å². The molecule has 0 aliphatic carbocycles. The average molecular weight is 337 g/mol. The predicted molar refractivity (Wildman–Crippen MR) is 77.8 cm³/mol. The summed E-state index contributed by atoms with van der Waals surface area (Å²) in [6.07, 6.45) is 0. The third-order valence-electron chi connectivity index (χ3n) is 2.80.